The Morgan fingerprint density at radius 3 is 2.62 bits per heavy atom. The normalized spacial score (nSPS) is 15.1. The molecule has 0 saturated carbocycles. The van der Waals surface area contributed by atoms with Crippen molar-refractivity contribution in [3.63, 3.8) is 0 Å². The number of rotatable bonds is 8. The Labute approximate surface area is 186 Å². The number of benzene rings is 2. The van der Waals surface area contributed by atoms with Crippen molar-refractivity contribution < 1.29 is 23.8 Å². The van der Waals surface area contributed by atoms with Crippen molar-refractivity contribution in [1.82, 2.24) is 0 Å². The van der Waals surface area contributed by atoms with Gasteiger partial charge in [-0.25, -0.2) is 9.18 Å². The number of carboxylic acids is 1. The number of hydrogen-bond donors (Lipinski definition) is 2. The molecule has 0 aromatic heterocycles. The van der Waals surface area contributed by atoms with Crippen molar-refractivity contribution in [3.8, 4) is 0 Å². The maximum Gasteiger partial charge on any atom is 0.337 e. The third-order valence-electron chi connectivity index (χ3n) is 5.26. The van der Waals surface area contributed by atoms with Gasteiger partial charge in [-0.15, -0.1) is 0 Å². The first-order valence-electron chi connectivity index (χ1n) is 10.5. The summed E-state index contributed by atoms with van der Waals surface area (Å²) in [6, 6.07) is 10.9. The highest BCUT2D eigenvalue weighted by atomic mass is 19.1. The van der Waals surface area contributed by atoms with E-state index in [1.165, 1.54) is 17.7 Å². The molecule has 6 heteroatoms. The second-order valence-corrected chi connectivity index (χ2v) is 7.69. The van der Waals surface area contributed by atoms with Crippen LogP contribution in [0.15, 0.2) is 90.3 Å². The molecule has 0 unspecified atom stereocenters. The van der Waals surface area contributed by atoms with Crippen LogP contribution in [-0.2, 0) is 15.9 Å². The zero-order chi connectivity index (χ0) is 22.3. The van der Waals surface area contributed by atoms with Gasteiger partial charge in [0.05, 0.1) is 11.3 Å². The lowest BCUT2D eigenvalue weighted by molar-refractivity contribution is 0.0698. The van der Waals surface area contributed by atoms with E-state index in [2.05, 4.69) is 23.5 Å². The summed E-state index contributed by atoms with van der Waals surface area (Å²) in [4.78, 5) is 11.6. The predicted molar refractivity (Wildman–Crippen MR) is 121 cm³/mol. The van der Waals surface area contributed by atoms with Crippen LogP contribution in [-0.4, -0.2) is 11.1 Å². The standard InChI is InChI=1S/C26H24FNO4/c27-20-8-10-21(11-9-20)28-25-15-19(7-13-24(25)26(29)30)6-12-22-16-31-17-23(32-22)14-18-4-2-1-3-5-18/h1-2,4,7-11,13,15-17,28H,3,5-6,12,14H2,(H,29,30). The average molecular weight is 433 g/mol. The average Bonchev–Trinajstić information content (AvgIpc) is 2.80. The molecular weight excluding hydrogens is 409 g/mol. The van der Waals surface area contributed by atoms with Crippen LogP contribution in [0.4, 0.5) is 15.8 Å². The summed E-state index contributed by atoms with van der Waals surface area (Å²) in [5.74, 6) is 0.124. The van der Waals surface area contributed by atoms with Gasteiger partial charge in [0.15, 0.2) is 0 Å². The summed E-state index contributed by atoms with van der Waals surface area (Å²) in [6.45, 7) is 0. The van der Waals surface area contributed by atoms with Crippen molar-refractivity contribution in [3.05, 3.63) is 107 Å². The molecule has 32 heavy (non-hydrogen) atoms. The van der Waals surface area contributed by atoms with E-state index in [1.54, 1.807) is 42.9 Å². The van der Waals surface area contributed by atoms with Crippen LogP contribution < -0.4 is 5.32 Å². The molecule has 2 N–H and O–H groups in total. The molecule has 2 aliphatic rings. The minimum atomic E-state index is -1.03. The van der Waals surface area contributed by atoms with Crippen LogP contribution in [0.2, 0.25) is 0 Å². The van der Waals surface area contributed by atoms with E-state index in [0.29, 0.717) is 24.2 Å². The van der Waals surface area contributed by atoms with Crippen LogP contribution in [0.25, 0.3) is 0 Å². The van der Waals surface area contributed by atoms with Gasteiger partial charge >= 0.3 is 5.97 Å². The first-order chi connectivity index (χ1) is 15.6. The van der Waals surface area contributed by atoms with Crippen LogP contribution in [0.3, 0.4) is 0 Å². The Morgan fingerprint density at radius 1 is 1.06 bits per heavy atom. The largest absolute Gasteiger partial charge is 0.478 e. The summed E-state index contributed by atoms with van der Waals surface area (Å²) in [5.41, 5.74) is 3.47. The zero-order valence-corrected chi connectivity index (χ0v) is 17.5. The molecule has 0 spiro atoms. The maximum absolute atomic E-state index is 13.2. The summed E-state index contributed by atoms with van der Waals surface area (Å²) >= 11 is 0. The topological polar surface area (TPSA) is 67.8 Å². The summed E-state index contributed by atoms with van der Waals surface area (Å²) in [6.07, 6.45) is 13.6. The van der Waals surface area contributed by atoms with Crippen molar-refractivity contribution in [2.75, 3.05) is 5.32 Å². The third-order valence-corrected chi connectivity index (χ3v) is 5.26. The molecule has 1 heterocycles. The van der Waals surface area contributed by atoms with Gasteiger partial charge < -0.3 is 19.9 Å². The van der Waals surface area contributed by atoms with Gasteiger partial charge in [-0.2, -0.15) is 0 Å². The van der Waals surface area contributed by atoms with Crippen molar-refractivity contribution in [2.24, 2.45) is 0 Å². The number of allylic oxidation sites excluding steroid dienone is 5. The van der Waals surface area contributed by atoms with Gasteiger partial charge in [-0.3, -0.25) is 0 Å². The Bertz CT molecular complexity index is 1110. The van der Waals surface area contributed by atoms with E-state index < -0.39 is 5.97 Å². The molecule has 4 rings (SSSR count). The van der Waals surface area contributed by atoms with Gasteiger partial charge in [-0.05, 0) is 61.2 Å². The highest BCUT2D eigenvalue weighted by Crippen LogP contribution is 2.28. The lowest BCUT2D eigenvalue weighted by Gasteiger charge is -2.19. The predicted octanol–water partition coefficient (Wildman–Crippen LogP) is 6.60. The van der Waals surface area contributed by atoms with Gasteiger partial charge in [0.1, 0.15) is 29.9 Å². The molecule has 2 aromatic rings. The summed E-state index contributed by atoms with van der Waals surface area (Å²) in [5, 5.41) is 12.6. The van der Waals surface area contributed by atoms with E-state index in [-0.39, 0.29) is 11.4 Å². The fourth-order valence-electron chi connectivity index (χ4n) is 3.61. The minimum absolute atomic E-state index is 0.148. The van der Waals surface area contributed by atoms with E-state index in [9.17, 15) is 14.3 Å². The number of carboxylic acid groups (broad SMARTS) is 1. The summed E-state index contributed by atoms with van der Waals surface area (Å²) < 4.78 is 24.6. The third kappa shape index (κ3) is 5.66. The minimum Gasteiger partial charge on any atom is -0.478 e. The second kappa shape index (κ2) is 10.0. The SMILES string of the molecule is O=C(O)c1ccc(CCC2=COC=C(CC3=CC=CCC3)O2)cc1Nc1ccc(F)cc1. The smallest absolute Gasteiger partial charge is 0.337 e. The number of ether oxygens (including phenoxy) is 2. The molecule has 164 valence electrons. The van der Waals surface area contributed by atoms with Crippen LogP contribution in [0, 0.1) is 5.82 Å². The fourth-order valence-corrected chi connectivity index (χ4v) is 3.61. The van der Waals surface area contributed by atoms with Gasteiger partial charge in [0.2, 0.25) is 0 Å². The van der Waals surface area contributed by atoms with Crippen molar-refractivity contribution in [2.45, 2.75) is 32.1 Å². The van der Waals surface area contributed by atoms with E-state index in [1.807, 2.05) is 0 Å². The van der Waals surface area contributed by atoms with Crippen LogP contribution in [0.5, 0.6) is 0 Å². The molecule has 0 radical (unpaired) electrons. The second-order valence-electron chi connectivity index (χ2n) is 7.69. The van der Waals surface area contributed by atoms with E-state index >= 15 is 0 Å². The Hall–Kier alpha value is -3.80. The summed E-state index contributed by atoms with van der Waals surface area (Å²) in [7, 11) is 0. The van der Waals surface area contributed by atoms with Gasteiger partial charge in [-0.1, -0.05) is 29.9 Å². The van der Waals surface area contributed by atoms with Crippen molar-refractivity contribution in [1.29, 1.82) is 0 Å². The van der Waals surface area contributed by atoms with E-state index in [4.69, 9.17) is 9.47 Å². The number of aryl methyl sites for hydroxylation is 1. The number of carbonyl (C=O) groups is 1. The number of nitrogens with one attached hydrogen (secondary N) is 1. The number of halogens is 1. The van der Waals surface area contributed by atoms with Crippen LogP contribution in [0.1, 0.15) is 41.6 Å². The van der Waals surface area contributed by atoms with E-state index in [0.717, 1.165) is 36.3 Å². The van der Waals surface area contributed by atoms with Gasteiger partial charge in [0.25, 0.3) is 0 Å². The Kier molecular flexibility index (Phi) is 6.70. The first kappa shape index (κ1) is 21.4. The Morgan fingerprint density at radius 2 is 1.88 bits per heavy atom. The molecule has 1 aliphatic heterocycles. The highest BCUT2D eigenvalue weighted by Gasteiger charge is 2.15. The number of hydrogen-bond acceptors (Lipinski definition) is 4. The maximum atomic E-state index is 13.2. The number of aromatic carboxylic acids is 1. The highest BCUT2D eigenvalue weighted by molar-refractivity contribution is 5.95. The van der Waals surface area contributed by atoms with Gasteiger partial charge in [0, 0.05) is 18.5 Å². The quantitative estimate of drug-likeness (QED) is 0.491. The molecule has 0 amide bonds. The zero-order valence-electron chi connectivity index (χ0n) is 17.5. The molecule has 2 aromatic carbocycles. The molecule has 0 atom stereocenters. The molecule has 1 aliphatic carbocycles. The lowest BCUT2D eigenvalue weighted by Crippen LogP contribution is -2.05. The van der Waals surface area contributed by atoms with Crippen LogP contribution >= 0.6 is 0 Å². The Balaban J connectivity index is 1.40. The number of anilines is 2. The molecule has 0 saturated heterocycles. The monoisotopic (exact) mass is 433 g/mol. The van der Waals surface area contributed by atoms with Crippen molar-refractivity contribution >= 4 is 17.3 Å². The first-order valence-corrected chi connectivity index (χ1v) is 10.5. The fraction of sp³-hybridized carbons (Fsp3) is 0.192. The lowest BCUT2D eigenvalue weighted by atomic mass is 10.0. The molecule has 0 bridgehead atoms. The molecular formula is C26H24FNO4. The molecule has 0 fully saturated rings. The molecule has 5 nitrogen and oxygen atoms in total.